The van der Waals surface area contributed by atoms with Gasteiger partial charge in [-0.1, -0.05) is 109 Å². The summed E-state index contributed by atoms with van der Waals surface area (Å²) in [5.41, 5.74) is 7.54. The molecule has 0 aliphatic heterocycles. The van der Waals surface area contributed by atoms with E-state index in [1.54, 1.807) is 0 Å². The molecule has 10 aromatic rings. The van der Waals surface area contributed by atoms with Gasteiger partial charge in [-0.25, -0.2) is 9.97 Å². The van der Waals surface area contributed by atoms with Gasteiger partial charge in [0.25, 0.3) is 0 Å². The zero-order chi connectivity index (χ0) is 30.2. The van der Waals surface area contributed by atoms with Gasteiger partial charge in [-0.2, -0.15) is 0 Å². The minimum absolute atomic E-state index is 0.676. The number of rotatable bonds is 3. The molecule has 4 heteroatoms. The van der Waals surface area contributed by atoms with Crippen LogP contribution in [0.15, 0.2) is 152 Å². The summed E-state index contributed by atoms with van der Waals surface area (Å²) < 4.78 is 4.86. The van der Waals surface area contributed by atoms with E-state index < -0.39 is 0 Å². The first-order chi connectivity index (χ1) is 22.8. The minimum Gasteiger partial charge on any atom is -0.278 e. The van der Waals surface area contributed by atoms with E-state index in [-0.39, 0.29) is 0 Å². The highest BCUT2D eigenvalue weighted by molar-refractivity contribution is 7.26. The van der Waals surface area contributed by atoms with Crippen molar-refractivity contribution in [2.75, 3.05) is 0 Å². The number of fused-ring (bicyclic) bond motifs is 9. The van der Waals surface area contributed by atoms with Gasteiger partial charge in [0.2, 0.25) is 5.95 Å². The van der Waals surface area contributed by atoms with Gasteiger partial charge in [0.1, 0.15) is 0 Å². The summed E-state index contributed by atoms with van der Waals surface area (Å²) in [5.74, 6) is 0.676. The van der Waals surface area contributed by atoms with E-state index in [9.17, 15) is 0 Å². The van der Waals surface area contributed by atoms with Crippen LogP contribution < -0.4 is 0 Å². The Bertz CT molecular complexity index is 2810. The molecular weight excluding hydrogens is 579 g/mol. The maximum absolute atomic E-state index is 5.23. The van der Waals surface area contributed by atoms with Gasteiger partial charge in [-0.05, 0) is 64.4 Å². The molecule has 0 atom stereocenters. The van der Waals surface area contributed by atoms with Crippen molar-refractivity contribution < 1.29 is 0 Å². The van der Waals surface area contributed by atoms with E-state index in [0.717, 1.165) is 33.2 Å². The third-order valence-corrected chi connectivity index (χ3v) is 10.3. The van der Waals surface area contributed by atoms with E-state index in [1.807, 2.05) is 23.5 Å². The molecule has 0 aliphatic carbocycles. The molecule has 0 spiro atoms. The van der Waals surface area contributed by atoms with Crippen LogP contribution in [0.5, 0.6) is 0 Å². The first-order valence-electron chi connectivity index (χ1n) is 15.5. The van der Waals surface area contributed by atoms with Gasteiger partial charge < -0.3 is 0 Å². The largest absolute Gasteiger partial charge is 0.278 e. The highest BCUT2D eigenvalue weighted by Gasteiger charge is 2.18. The number of para-hydroxylation sites is 2. The molecule has 3 nitrogen and oxygen atoms in total. The number of thiophene rings is 1. The number of hydrogen-bond donors (Lipinski definition) is 0. The predicted octanol–water partition coefficient (Wildman–Crippen LogP) is 11.6. The second-order valence-corrected chi connectivity index (χ2v) is 12.9. The quantitative estimate of drug-likeness (QED) is 0.201. The number of aromatic nitrogens is 3. The molecule has 0 fully saturated rings. The van der Waals surface area contributed by atoms with E-state index in [2.05, 4.69) is 144 Å². The first-order valence-corrected chi connectivity index (χ1v) is 16.3. The van der Waals surface area contributed by atoms with Crippen LogP contribution in [0, 0.1) is 0 Å². The topological polar surface area (TPSA) is 30.7 Å². The SMILES string of the molecule is c1ccc(-c2nc(-n3c4ccccc4c4cc(-c5ccc6sc7ccc8ccccc8c7c6c5)ccc43)nc3ccccc23)cc1. The van der Waals surface area contributed by atoms with Gasteiger partial charge in [-0.3, -0.25) is 4.57 Å². The molecule has 0 N–H and O–H groups in total. The smallest absolute Gasteiger partial charge is 0.235 e. The van der Waals surface area contributed by atoms with Crippen LogP contribution in [0.1, 0.15) is 0 Å². The minimum atomic E-state index is 0.676. The predicted molar refractivity (Wildman–Crippen MR) is 195 cm³/mol. The standard InChI is InChI=1S/C42H25N3S/c1-2-11-27(12-3-1)41-32-15-6-8-16-35(32)43-42(44-41)45-36-17-9-7-14-31(36)33-24-28(18-21-37(33)45)29-20-22-38-34(25-29)40-30-13-5-4-10-26(30)19-23-39(40)46-38/h1-25H. The molecule has 7 aromatic carbocycles. The van der Waals surface area contributed by atoms with Crippen LogP contribution >= 0.6 is 11.3 Å². The second-order valence-electron chi connectivity index (χ2n) is 11.8. The first kappa shape index (κ1) is 25.5. The molecule has 3 aromatic heterocycles. The normalized spacial score (nSPS) is 11.9. The zero-order valence-corrected chi connectivity index (χ0v) is 25.5. The van der Waals surface area contributed by atoms with Crippen molar-refractivity contribution in [1.82, 2.24) is 14.5 Å². The maximum Gasteiger partial charge on any atom is 0.235 e. The van der Waals surface area contributed by atoms with Crippen LogP contribution in [0.2, 0.25) is 0 Å². The van der Waals surface area contributed by atoms with Gasteiger partial charge in [0, 0.05) is 41.9 Å². The average molecular weight is 604 g/mol. The summed E-state index contributed by atoms with van der Waals surface area (Å²) in [6.45, 7) is 0. The Balaban J connectivity index is 1.20. The summed E-state index contributed by atoms with van der Waals surface area (Å²) in [6, 6.07) is 54.2. The van der Waals surface area contributed by atoms with Gasteiger partial charge >= 0.3 is 0 Å². The van der Waals surface area contributed by atoms with Crippen molar-refractivity contribution in [3.05, 3.63) is 152 Å². The third kappa shape index (κ3) is 3.77. The highest BCUT2D eigenvalue weighted by Crippen LogP contribution is 2.41. The molecule has 10 rings (SSSR count). The molecule has 46 heavy (non-hydrogen) atoms. The van der Waals surface area contributed by atoms with E-state index in [4.69, 9.17) is 9.97 Å². The molecule has 0 saturated carbocycles. The maximum atomic E-state index is 5.23. The van der Waals surface area contributed by atoms with Crippen LogP contribution in [0.4, 0.5) is 0 Å². The summed E-state index contributed by atoms with van der Waals surface area (Å²) in [7, 11) is 0. The lowest BCUT2D eigenvalue weighted by atomic mass is 9.99. The molecule has 0 bridgehead atoms. The zero-order valence-electron chi connectivity index (χ0n) is 24.7. The Kier molecular flexibility index (Phi) is 5.45. The molecule has 0 unspecified atom stereocenters. The molecular formula is C42H25N3S. The molecule has 0 aliphatic rings. The highest BCUT2D eigenvalue weighted by atomic mass is 32.1. The summed E-state index contributed by atoms with van der Waals surface area (Å²) in [5, 5.41) is 8.67. The van der Waals surface area contributed by atoms with Gasteiger partial charge in [0.15, 0.2) is 0 Å². The average Bonchev–Trinajstić information content (AvgIpc) is 3.67. The van der Waals surface area contributed by atoms with Crippen molar-refractivity contribution in [2.45, 2.75) is 0 Å². The lowest BCUT2D eigenvalue weighted by Gasteiger charge is -2.12. The molecule has 0 amide bonds. The monoisotopic (exact) mass is 603 g/mol. The van der Waals surface area contributed by atoms with Gasteiger partial charge in [0.05, 0.1) is 22.2 Å². The lowest BCUT2D eigenvalue weighted by molar-refractivity contribution is 1.01. The lowest BCUT2D eigenvalue weighted by Crippen LogP contribution is -2.03. The molecule has 0 saturated heterocycles. The second kappa shape index (κ2) is 9.83. The molecule has 214 valence electrons. The van der Waals surface area contributed by atoms with E-state index >= 15 is 0 Å². The van der Waals surface area contributed by atoms with Crippen molar-refractivity contribution >= 4 is 75.0 Å². The molecule has 3 heterocycles. The Morgan fingerprint density at radius 1 is 0.435 bits per heavy atom. The fourth-order valence-corrected chi connectivity index (χ4v) is 8.18. The van der Waals surface area contributed by atoms with E-state index in [0.29, 0.717) is 5.95 Å². The summed E-state index contributed by atoms with van der Waals surface area (Å²) in [4.78, 5) is 10.3. The Labute approximate surface area is 268 Å². The number of hydrogen-bond acceptors (Lipinski definition) is 3. The van der Waals surface area contributed by atoms with Crippen LogP contribution in [0.3, 0.4) is 0 Å². The van der Waals surface area contributed by atoms with E-state index in [1.165, 1.54) is 52.8 Å². The third-order valence-electron chi connectivity index (χ3n) is 9.20. The Morgan fingerprint density at radius 2 is 1.11 bits per heavy atom. The van der Waals surface area contributed by atoms with Crippen LogP contribution in [-0.4, -0.2) is 14.5 Å². The fraction of sp³-hybridized carbons (Fsp3) is 0. The fourth-order valence-electron chi connectivity index (χ4n) is 7.08. The van der Waals surface area contributed by atoms with Crippen molar-refractivity contribution in [3.8, 4) is 28.3 Å². The van der Waals surface area contributed by atoms with Crippen molar-refractivity contribution in [1.29, 1.82) is 0 Å². The summed E-state index contributed by atoms with van der Waals surface area (Å²) in [6.07, 6.45) is 0. The Hall–Kier alpha value is -5.84. The number of benzene rings is 7. The summed E-state index contributed by atoms with van der Waals surface area (Å²) >= 11 is 1.87. The number of nitrogens with zero attached hydrogens (tertiary/aromatic N) is 3. The molecule has 0 radical (unpaired) electrons. The van der Waals surface area contributed by atoms with Crippen molar-refractivity contribution in [2.24, 2.45) is 0 Å². The van der Waals surface area contributed by atoms with Gasteiger partial charge in [-0.15, -0.1) is 11.3 Å². The Morgan fingerprint density at radius 3 is 2.00 bits per heavy atom. The van der Waals surface area contributed by atoms with Crippen LogP contribution in [0.25, 0.3) is 92.0 Å². The van der Waals surface area contributed by atoms with Crippen LogP contribution in [-0.2, 0) is 0 Å². The van der Waals surface area contributed by atoms with Crippen molar-refractivity contribution in [3.63, 3.8) is 0 Å².